The quantitative estimate of drug-likeness (QED) is 0.752. The molecule has 0 spiro atoms. The summed E-state index contributed by atoms with van der Waals surface area (Å²) < 4.78 is 0. The van der Waals surface area contributed by atoms with Crippen molar-refractivity contribution in [3.63, 3.8) is 0 Å². The van der Waals surface area contributed by atoms with Gasteiger partial charge in [-0.15, -0.1) is 11.3 Å². The molecule has 1 atom stereocenters. The third-order valence-electron chi connectivity index (χ3n) is 3.36. The van der Waals surface area contributed by atoms with Crippen LogP contribution in [0.15, 0.2) is 18.2 Å². The lowest BCUT2D eigenvalue weighted by Crippen LogP contribution is -2.08. The Labute approximate surface area is 106 Å². The van der Waals surface area contributed by atoms with Gasteiger partial charge in [-0.3, -0.25) is 0 Å². The summed E-state index contributed by atoms with van der Waals surface area (Å²) in [5.74, 6) is 0.374. The van der Waals surface area contributed by atoms with Crippen molar-refractivity contribution in [3.05, 3.63) is 39.2 Å². The number of benzene rings is 1. The molecule has 0 aliphatic heterocycles. The van der Waals surface area contributed by atoms with Gasteiger partial charge in [0, 0.05) is 29.3 Å². The van der Waals surface area contributed by atoms with E-state index in [9.17, 15) is 0 Å². The molecule has 0 saturated heterocycles. The molecule has 1 unspecified atom stereocenters. The van der Waals surface area contributed by atoms with Crippen LogP contribution in [0.4, 0.5) is 0 Å². The fourth-order valence-electron chi connectivity index (χ4n) is 2.25. The smallest absolute Gasteiger partial charge is 0.0976 e. The van der Waals surface area contributed by atoms with Crippen molar-refractivity contribution in [2.24, 2.45) is 5.73 Å². The minimum atomic E-state index is 0.374. The lowest BCUT2D eigenvalue weighted by atomic mass is 10.1. The van der Waals surface area contributed by atoms with Crippen molar-refractivity contribution in [2.45, 2.75) is 26.2 Å². The van der Waals surface area contributed by atoms with Crippen molar-refractivity contribution in [3.8, 4) is 11.3 Å². The molecule has 3 rings (SSSR count). The lowest BCUT2D eigenvalue weighted by molar-refractivity contribution is 0.767. The fraction of sp³-hybridized carbons (Fsp3) is 0.357. The van der Waals surface area contributed by atoms with Crippen molar-refractivity contribution in [1.29, 1.82) is 0 Å². The highest BCUT2D eigenvalue weighted by atomic mass is 32.1. The number of hydrogen-bond acceptors (Lipinski definition) is 3. The van der Waals surface area contributed by atoms with Gasteiger partial charge in [0.1, 0.15) is 0 Å². The standard InChI is InChI=1S/C14H16N2S/c1-8-3-4-10-6-12-13(11(10)5-8)16-14(17-12)9(2)7-15/h3-5,9H,6-7,15H2,1-2H3. The average Bonchev–Trinajstić information content (AvgIpc) is 2.86. The van der Waals surface area contributed by atoms with Gasteiger partial charge in [0.2, 0.25) is 0 Å². The monoisotopic (exact) mass is 244 g/mol. The molecular weight excluding hydrogens is 228 g/mol. The summed E-state index contributed by atoms with van der Waals surface area (Å²) >= 11 is 1.83. The first-order valence-electron chi connectivity index (χ1n) is 5.98. The zero-order valence-electron chi connectivity index (χ0n) is 10.2. The number of nitrogens with zero attached hydrogens (tertiary/aromatic N) is 1. The number of nitrogens with two attached hydrogens (primary N) is 1. The minimum absolute atomic E-state index is 0.374. The van der Waals surface area contributed by atoms with E-state index in [1.165, 1.54) is 32.3 Å². The number of aromatic nitrogens is 1. The fourth-order valence-corrected chi connectivity index (χ4v) is 3.42. The summed E-state index contributed by atoms with van der Waals surface area (Å²) in [5.41, 5.74) is 10.9. The van der Waals surface area contributed by atoms with Crippen molar-refractivity contribution in [2.75, 3.05) is 6.54 Å². The molecule has 1 aromatic heterocycles. The Morgan fingerprint density at radius 3 is 3.06 bits per heavy atom. The van der Waals surface area contributed by atoms with Crippen LogP contribution in [0.3, 0.4) is 0 Å². The first kappa shape index (κ1) is 10.9. The molecule has 88 valence electrons. The molecule has 1 aliphatic carbocycles. The van der Waals surface area contributed by atoms with Crippen LogP contribution in [0.5, 0.6) is 0 Å². The van der Waals surface area contributed by atoms with Gasteiger partial charge in [-0.25, -0.2) is 4.98 Å². The van der Waals surface area contributed by atoms with Crippen LogP contribution in [-0.4, -0.2) is 11.5 Å². The van der Waals surface area contributed by atoms with Crippen LogP contribution in [0.25, 0.3) is 11.3 Å². The summed E-state index contributed by atoms with van der Waals surface area (Å²) in [7, 11) is 0. The largest absolute Gasteiger partial charge is 0.330 e. The van der Waals surface area contributed by atoms with Crippen LogP contribution in [0.2, 0.25) is 0 Å². The van der Waals surface area contributed by atoms with Crippen molar-refractivity contribution < 1.29 is 0 Å². The van der Waals surface area contributed by atoms with Crippen LogP contribution in [0.1, 0.15) is 33.9 Å². The number of hydrogen-bond donors (Lipinski definition) is 1. The SMILES string of the molecule is Cc1ccc2c(c1)-c1nc(C(C)CN)sc1C2. The van der Waals surface area contributed by atoms with Gasteiger partial charge in [-0.2, -0.15) is 0 Å². The van der Waals surface area contributed by atoms with Crippen molar-refractivity contribution in [1.82, 2.24) is 4.98 Å². The van der Waals surface area contributed by atoms with Gasteiger partial charge in [-0.05, 0) is 18.6 Å². The van der Waals surface area contributed by atoms with E-state index in [0.717, 1.165) is 6.42 Å². The molecule has 2 N–H and O–H groups in total. The van der Waals surface area contributed by atoms with Gasteiger partial charge in [0.25, 0.3) is 0 Å². The van der Waals surface area contributed by atoms with E-state index in [-0.39, 0.29) is 0 Å². The molecule has 2 nitrogen and oxygen atoms in total. The van der Waals surface area contributed by atoms with Crippen LogP contribution >= 0.6 is 11.3 Å². The van der Waals surface area contributed by atoms with E-state index in [4.69, 9.17) is 10.7 Å². The Kier molecular flexibility index (Phi) is 2.53. The molecular formula is C14H16N2S. The highest BCUT2D eigenvalue weighted by Crippen LogP contribution is 2.41. The predicted molar refractivity (Wildman–Crippen MR) is 72.6 cm³/mol. The van der Waals surface area contributed by atoms with E-state index in [1.54, 1.807) is 0 Å². The first-order valence-corrected chi connectivity index (χ1v) is 6.80. The molecule has 1 aromatic carbocycles. The molecule has 17 heavy (non-hydrogen) atoms. The van der Waals surface area contributed by atoms with Crippen LogP contribution in [0, 0.1) is 6.92 Å². The Hall–Kier alpha value is -1.19. The van der Waals surface area contributed by atoms with Gasteiger partial charge < -0.3 is 5.73 Å². The van der Waals surface area contributed by atoms with E-state index >= 15 is 0 Å². The third kappa shape index (κ3) is 1.70. The topological polar surface area (TPSA) is 38.9 Å². The summed E-state index contributed by atoms with van der Waals surface area (Å²) in [6, 6.07) is 6.65. The maximum absolute atomic E-state index is 5.71. The Morgan fingerprint density at radius 1 is 1.47 bits per heavy atom. The van der Waals surface area contributed by atoms with E-state index < -0.39 is 0 Å². The molecule has 1 heterocycles. The zero-order valence-corrected chi connectivity index (χ0v) is 11.0. The molecule has 3 heteroatoms. The van der Waals surface area contributed by atoms with Gasteiger partial charge in [0.05, 0.1) is 10.7 Å². The van der Waals surface area contributed by atoms with Gasteiger partial charge in [0.15, 0.2) is 0 Å². The Balaban J connectivity index is 2.08. The number of fused-ring (bicyclic) bond motifs is 3. The predicted octanol–water partition coefficient (Wildman–Crippen LogP) is 3.08. The van der Waals surface area contributed by atoms with Gasteiger partial charge in [-0.1, -0.05) is 24.6 Å². The molecule has 0 bridgehead atoms. The molecule has 0 saturated carbocycles. The average molecular weight is 244 g/mol. The highest BCUT2D eigenvalue weighted by Gasteiger charge is 2.24. The number of rotatable bonds is 2. The molecule has 2 aromatic rings. The van der Waals surface area contributed by atoms with E-state index in [1.807, 2.05) is 11.3 Å². The number of aryl methyl sites for hydroxylation is 1. The molecule has 0 fully saturated rings. The second kappa shape index (κ2) is 3.93. The molecule has 0 radical (unpaired) electrons. The second-order valence-corrected chi connectivity index (χ2v) is 5.91. The van der Waals surface area contributed by atoms with Crippen molar-refractivity contribution >= 4 is 11.3 Å². The molecule has 1 aliphatic rings. The maximum Gasteiger partial charge on any atom is 0.0976 e. The van der Waals surface area contributed by atoms with E-state index in [2.05, 4.69) is 32.0 Å². The van der Waals surface area contributed by atoms with E-state index in [0.29, 0.717) is 12.5 Å². The van der Waals surface area contributed by atoms with Crippen LogP contribution < -0.4 is 5.73 Å². The third-order valence-corrected chi connectivity index (χ3v) is 4.65. The summed E-state index contributed by atoms with van der Waals surface area (Å²) in [6.45, 7) is 4.95. The minimum Gasteiger partial charge on any atom is -0.330 e. The maximum atomic E-state index is 5.71. The van der Waals surface area contributed by atoms with Crippen LogP contribution in [-0.2, 0) is 6.42 Å². The Bertz CT molecular complexity index is 572. The summed E-state index contributed by atoms with van der Waals surface area (Å²) in [4.78, 5) is 6.19. The lowest BCUT2D eigenvalue weighted by Gasteiger charge is -2.04. The summed E-state index contributed by atoms with van der Waals surface area (Å²) in [6.07, 6.45) is 1.04. The van der Waals surface area contributed by atoms with Gasteiger partial charge >= 0.3 is 0 Å². The normalized spacial score (nSPS) is 14.5. The summed E-state index contributed by atoms with van der Waals surface area (Å²) in [5, 5.41) is 1.18. The number of thiazole rings is 1. The zero-order chi connectivity index (χ0) is 12.0. The second-order valence-electron chi connectivity index (χ2n) is 4.80. The first-order chi connectivity index (χ1) is 8.19. The Morgan fingerprint density at radius 2 is 2.29 bits per heavy atom. The highest BCUT2D eigenvalue weighted by molar-refractivity contribution is 7.12. The molecule has 0 amide bonds.